The molecule has 0 aliphatic heterocycles. The van der Waals surface area contributed by atoms with E-state index in [1.165, 1.54) is 32.0 Å². The molecule has 0 fully saturated rings. The van der Waals surface area contributed by atoms with Crippen molar-refractivity contribution in [2.45, 2.75) is 52.4 Å². The van der Waals surface area contributed by atoms with Crippen LogP contribution in [-0.2, 0) is 49.0 Å². The molecule has 1 heterocycles. The smallest absolute Gasteiger partial charge is 0.329 e. The molecule has 0 aliphatic carbocycles. The van der Waals surface area contributed by atoms with Crippen LogP contribution < -0.4 is 0 Å². The number of nitrogens with zero attached hydrogens (tertiary/aromatic N) is 1. The zero-order chi connectivity index (χ0) is 22.9. The molecule has 0 N–H and O–H groups in total. The number of hydrogen-bond acceptors (Lipinski definition) is 9. The van der Waals surface area contributed by atoms with Crippen molar-refractivity contribution in [3.05, 3.63) is 29.6 Å². The van der Waals surface area contributed by atoms with Crippen molar-refractivity contribution in [3.8, 4) is 0 Å². The average molecular weight is 423 g/mol. The molecule has 0 spiro atoms. The molecule has 0 atom stereocenters. The third-order valence-electron chi connectivity index (χ3n) is 4.51. The van der Waals surface area contributed by atoms with Crippen molar-refractivity contribution in [2.24, 2.45) is 0 Å². The lowest BCUT2D eigenvalue weighted by atomic mass is 9.83. The summed E-state index contributed by atoms with van der Waals surface area (Å²) in [6.07, 6.45) is 0. The van der Waals surface area contributed by atoms with Crippen LogP contribution in [0.2, 0.25) is 0 Å². The van der Waals surface area contributed by atoms with Gasteiger partial charge in [0, 0.05) is 0 Å². The van der Waals surface area contributed by atoms with Crippen LogP contribution in [0.4, 0.5) is 0 Å². The zero-order valence-corrected chi connectivity index (χ0v) is 18.3. The normalized spacial score (nSPS) is 11.4. The molecule has 0 radical (unpaired) electrons. The Morgan fingerprint density at radius 3 is 1.17 bits per heavy atom. The predicted octanol–water partition coefficient (Wildman–Crippen LogP) is 1.85. The molecule has 0 saturated heterocycles. The monoisotopic (exact) mass is 423 g/mol. The molecule has 0 aromatic carbocycles. The van der Waals surface area contributed by atoms with E-state index in [1.54, 1.807) is 27.7 Å². The summed E-state index contributed by atoms with van der Waals surface area (Å²) in [6.45, 7) is 9.21. The Kier molecular flexibility index (Phi) is 8.94. The third kappa shape index (κ3) is 4.77. The van der Waals surface area contributed by atoms with Gasteiger partial charge in [0.05, 0.1) is 37.8 Å². The van der Waals surface area contributed by atoms with Crippen molar-refractivity contribution in [1.29, 1.82) is 0 Å². The van der Waals surface area contributed by atoms with Crippen LogP contribution in [0.1, 0.15) is 52.9 Å². The Balaban J connectivity index is 3.65. The first-order valence-electron chi connectivity index (χ1n) is 9.81. The third-order valence-corrected chi connectivity index (χ3v) is 4.51. The van der Waals surface area contributed by atoms with E-state index >= 15 is 0 Å². The summed E-state index contributed by atoms with van der Waals surface area (Å²) >= 11 is 0. The number of pyridine rings is 1. The van der Waals surface area contributed by atoms with Gasteiger partial charge in [0.25, 0.3) is 0 Å². The van der Waals surface area contributed by atoms with Crippen LogP contribution in [0.3, 0.4) is 0 Å². The fourth-order valence-corrected chi connectivity index (χ4v) is 2.68. The number of esters is 4. The summed E-state index contributed by atoms with van der Waals surface area (Å²) in [5.74, 6) is -3.44. The molecular weight excluding hydrogens is 394 g/mol. The van der Waals surface area contributed by atoms with E-state index in [2.05, 4.69) is 4.98 Å². The van der Waals surface area contributed by atoms with Gasteiger partial charge in [0.1, 0.15) is 0 Å². The Bertz CT molecular complexity index is 692. The second-order valence-electron chi connectivity index (χ2n) is 6.54. The Labute approximate surface area is 176 Å². The van der Waals surface area contributed by atoms with Crippen molar-refractivity contribution < 1.29 is 38.1 Å². The number of ether oxygens (including phenoxy) is 4. The molecule has 1 aromatic heterocycles. The van der Waals surface area contributed by atoms with Crippen LogP contribution in [0.15, 0.2) is 18.2 Å². The topological polar surface area (TPSA) is 118 Å². The van der Waals surface area contributed by atoms with Gasteiger partial charge in [-0.25, -0.2) is 0 Å². The van der Waals surface area contributed by atoms with Crippen molar-refractivity contribution in [2.75, 3.05) is 26.4 Å². The van der Waals surface area contributed by atoms with Gasteiger partial charge in [-0.05, 0) is 53.7 Å². The number of carbonyl (C=O) groups is 4. The maximum atomic E-state index is 12.7. The highest BCUT2D eigenvalue weighted by Gasteiger charge is 2.51. The van der Waals surface area contributed by atoms with E-state index < -0.39 is 34.7 Å². The van der Waals surface area contributed by atoms with Crippen molar-refractivity contribution >= 4 is 23.9 Å². The maximum Gasteiger partial charge on any atom is 0.329 e. The molecule has 0 amide bonds. The molecule has 0 saturated carbocycles. The van der Waals surface area contributed by atoms with E-state index in [0.717, 1.165) is 0 Å². The first-order valence-corrected chi connectivity index (χ1v) is 9.81. The van der Waals surface area contributed by atoms with Crippen LogP contribution >= 0.6 is 0 Å². The number of rotatable bonds is 10. The SMILES string of the molecule is CCOC(=O)C(C)(C(=O)OCC)c1cccc(C(C)(C(=O)OCC)C(=O)OCC)n1. The summed E-state index contributed by atoms with van der Waals surface area (Å²) in [7, 11) is 0. The van der Waals surface area contributed by atoms with Crippen LogP contribution in [-0.4, -0.2) is 55.3 Å². The van der Waals surface area contributed by atoms with Gasteiger partial charge in [-0.1, -0.05) is 6.07 Å². The van der Waals surface area contributed by atoms with Gasteiger partial charge in [0.2, 0.25) is 10.8 Å². The lowest BCUT2D eigenvalue weighted by Gasteiger charge is -2.28. The van der Waals surface area contributed by atoms with Gasteiger partial charge in [0.15, 0.2) is 0 Å². The fourth-order valence-electron chi connectivity index (χ4n) is 2.68. The summed E-state index contributed by atoms with van der Waals surface area (Å²) in [5, 5.41) is 0. The Morgan fingerprint density at radius 1 is 0.667 bits per heavy atom. The predicted molar refractivity (Wildman–Crippen MR) is 105 cm³/mol. The van der Waals surface area contributed by atoms with Gasteiger partial charge < -0.3 is 18.9 Å². The van der Waals surface area contributed by atoms with E-state index in [9.17, 15) is 19.2 Å². The molecule has 0 bridgehead atoms. The second kappa shape index (κ2) is 10.7. The fraction of sp³-hybridized carbons (Fsp3) is 0.571. The molecule has 1 aromatic rings. The molecule has 1 rings (SSSR count). The minimum absolute atomic E-state index is 0.0308. The second-order valence-corrected chi connectivity index (χ2v) is 6.54. The zero-order valence-electron chi connectivity index (χ0n) is 18.3. The first kappa shape index (κ1) is 25.1. The van der Waals surface area contributed by atoms with Gasteiger partial charge in [-0.15, -0.1) is 0 Å². The van der Waals surface area contributed by atoms with Gasteiger partial charge in [-0.3, -0.25) is 24.2 Å². The number of aromatic nitrogens is 1. The Morgan fingerprint density at radius 2 is 0.933 bits per heavy atom. The lowest BCUT2D eigenvalue weighted by Crippen LogP contribution is -2.47. The molecule has 9 heteroatoms. The quantitative estimate of drug-likeness (QED) is 0.315. The average Bonchev–Trinajstić information content (AvgIpc) is 2.73. The highest BCUT2D eigenvalue weighted by molar-refractivity contribution is 6.07. The van der Waals surface area contributed by atoms with Gasteiger partial charge >= 0.3 is 23.9 Å². The van der Waals surface area contributed by atoms with E-state index in [-0.39, 0.29) is 37.8 Å². The van der Waals surface area contributed by atoms with Crippen LogP contribution in [0, 0.1) is 0 Å². The Hall–Kier alpha value is -2.97. The highest BCUT2D eigenvalue weighted by Crippen LogP contribution is 2.31. The molecule has 0 aliphatic rings. The van der Waals surface area contributed by atoms with E-state index in [1.807, 2.05) is 0 Å². The van der Waals surface area contributed by atoms with Crippen molar-refractivity contribution in [1.82, 2.24) is 4.98 Å². The molecule has 166 valence electrons. The summed E-state index contributed by atoms with van der Waals surface area (Å²) < 4.78 is 20.3. The highest BCUT2D eigenvalue weighted by atomic mass is 16.6. The molecule has 0 unspecified atom stereocenters. The van der Waals surface area contributed by atoms with E-state index in [0.29, 0.717) is 0 Å². The molecule has 9 nitrogen and oxygen atoms in total. The van der Waals surface area contributed by atoms with Crippen LogP contribution in [0.5, 0.6) is 0 Å². The number of hydrogen-bond donors (Lipinski definition) is 0. The molecular formula is C21H29NO8. The largest absolute Gasteiger partial charge is 0.465 e. The molecule has 30 heavy (non-hydrogen) atoms. The first-order chi connectivity index (χ1) is 14.1. The minimum Gasteiger partial charge on any atom is -0.465 e. The standard InChI is InChI=1S/C21H29NO8/c1-7-27-16(23)20(5,17(24)28-8-2)14-12-11-13-15(22-14)21(6,18(25)29-9-3)19(26)30-10-4/h11-13H,7-10H2,1-6H3. The minimum atomic E-state index is -1.90. The lowest BCUT2D eigenvalue weighted by molar-refractivity contribution is -0.165. The van der Waals surface area contributed by atoms with Crippen molar-refractivity contribution in [3.63, 3.8) is 0 Å². The van der Waals surface area contributed by atoms with Crippen LogP contribution in [0.25, 0.3) is 0 Å². The maximum absolute atomic E-state index is 12.7. The van der Waals surface area contributed by atoms with Gasteiger partial charge in [-0.2, -0.15) is 0 Å². The van der Waals surface area contributed by atoms with E-state index in [4.69, 9.17) is 18.9 Å². The number of carbonyl (C=O) groups excluding carboxylic acids is 4. The summed E-state index contributed by atoms with van der Waals surface area (Å²) in [6, 6.07) is 4.33. The summed E-state index contributed by atoms with van der Waals surface area (Å²) in [4.78, 5) is 55.0. The summed E-state index contributed by atoms with van der Waals surface area (Å²) in [5.41, 5.74) is -3.85.